The Morgan fingerprint density at radius 1 is 1.14 bits per heavy atom. The van der Waals surface area contributed by atoms with Gasteiger partial charge >= 0.3 is 0 Å². The van der Waals surface area contributed by atoms with Gasteiger partial charge in [-0.1, -0.05) is 38.1 Å². The highest BCUT2D eigenvalue weighted by atomic mass is 19.1. The topological polar surface area (TPSA) is 65.0 Å². The molecule has 7 heteroatoms. The summed E-state index contributed by atoms with van der Waals surface area (Å²) in [5.41, 5.74) is 4.53. The maximum absolute atomic E-state index is 15.8. The molecule has 1 aromatic carbocycles. The molecule has 2 aliphatic rings. The van der Waals surface area contributed by atoms with Crippen molar-refractivity contribution in [3.8, 4) is 28.2 Å². The van der Waals surface area contributed by atoms with E-state index in [2.05, 4.69) is 14.8 Å². The monoisotopic (exact) mass is 489 g/mol. The van der Waals surface area contributed by atoms with Crippen LogP contribution in [-0.4, -0.2) is 25.5 Å². The maximum atomic E-state index is 15.8. The van der Waals surface area contributed by atoms with Gasteiger partial charge < -0.3 is 4.79 Å². The fourth-order valence-electron chi connectivity index (χ4n) is 6.09. The van der Waals surface area contributed by atoms with Gasteiger partial charge in [0.2, 0.25) is 5.70 Å². The highest BCUT2D eigenvalue weighted by molar-refractivity contribution is 6.00. The minimum Gasteiger partial charge on any atom is -0.308 e. The third kappa shape index (κ3) is 3.52. The number of rotatable bonds is 3. The van der Waals surface area contributed by atoms with Crippen LogP contribution in [0.2, 0.25) is 0 Å². The van der Waals surface area contributed by atoms with Gasteiger partial charge in [0, 0.05) is 41.1 Å². The molecule has 0 aliphatic heterocycles. The fraction of sp³-hybridized carbons (Fsp3) is 0.233. The first kappa shape index (κ1) is 23.0. The molecule has 37 heavy (non-hydrogen) atoms. The standard InChI is InChI=1S/C30H24FN5O/c1-18-22-11-10-21-27(24-8-4-5-14-34-24)35-36(29(21)30(22,2)16-25(32-3)28(18)37)26-12-9-19(15-23(26)31)20-7-6-13-33-17-20/h4-9,12-18,22H,10-11H2,1-2H3/t18-,22-,30-/m1/s1. The van der Waals surface area contributed by atoms with Gasteiger partial charge in [-0.25, -0.2) is 13.9 Å². The first-order valence-corrected chi connectivity index (χ1v) is 12.3. The van der Waals surface area contributed by atoms with E-state index < -0.39 is 11.2 Å². The summed E-state index contributed by atoms with van der Waals surface area (Å²) in [7, 11) is 0. The van der Waals surface area contributed by atoms with Crippen LogP contribution in [0.15, 0.2) is 78.9 Å². The lowest BCUT2D eigenvalue weighted by atomic mass is 9.58. The van der Waals surface area contributed by atoms with E-state index in [0.29, 0.717) is 23.5 Å². The molecular formula is C30H24FN5O. The lowest BCUT2D eigenvalue weighted by Crippen LogP contribution is -2.46. The van der Waals surface area contributed by atoms with Gasteiger partial charge in [0.05, 0.1) is 18.0 Å². The quantitative estimate of drug-likeness (QED) is 0.332. The molecule has 6 rings (SSSR count). The van der Waals surface area contributed by atoms with Crippen molar-refractivity contribution in [2.75, 3.05) is 0 Å². The van der Waals surface area contributed by atoms with Crippen molar-refractivity contribution in [2.45, 2.75) is 32.1 Å². The van der Waals surface area contributed by atoms with Crippen molar-refractivity contribution in [3.05, 3.63) is 107 Å². The number of fused-ring (bicyclic) bond motifs is 3. The molecule has 3 atom stereocenters. The molecule has 0 spiro atoms. The predicted molar refractivity (Wildman–Crippen MR) is 138 cm³/mol. The third-order valence-corrected chi connectivity index (χ3v) is 7.87. The number of halogens is 1. The second kappa shape index (κ2) is 8.59. The molecule has 4 aromatic rings. The second-order valence-corrected chi connectivity index (χ2v) is 9.93. The van der Waals surface area contributed by atoms with Gasteiger partial charge in [0.1, 0.15) is 17.2 Å². The molecule has 0 N–H and O–H groups in total. The molecule has 6 nitrogen and oxygen atoms in total. The van der Waals surface area contributed by atoms with Crippen molar-refractivity contribution >= 4 is 5.78 Å². The molecule has 182 valence electrons. The number of ketones is 1. The zero-order valence-corrected chi connectivity index (χ0v) is 20.5. The van der Waals surface area contributed by atoms with Gasteiger partial charge in [-0.3, -0.25) is 9.97 Å². The van der Waals surface area contributed by atoms with Crippen LogP contribution in [0.4, 0.5) is 4.39 Å². The number of aromatic nitrogens is 4. The van der Waals surface area contributed by atoms with Crippen LogP contribution in [0, 0.1) is 24.2 Å². The molecule has 0 unspecified atom stereocenters. The van der Waals surface area contributed by atoms with Crippen molar-refractivity contribution in [1.29, 1.82) is 0 Å². The number of carbonyl (C=O) groups excluding carboxylic acids is 1. The van der Waals surface area contributed by atoms with Gasteiger partial charge in [0.15, 0.2) is 5.78 Å². The summed E-state index contributed by atoms with van der Waals surface area (Å²) in [4.78, 5) is 25.1. The van der Waals surface area contributed by atoms with Crippen LogP contribution < -0.4 is 0 Å². The average Bonchev–Trinajstić information content (AvgIpc) is 3.32. The molecule has 0 fully saturated rings. The average molecular weight is 490 g/mol. The Balaban J connectivity index is 1.60. The normalized spacial score (nSPS) is 22.5. The molecular weight excluding hydrogens is 465 g/mol. The number of carbonyl (C=O) groups is 1. The summed E-state index contributed by atoms with van der Waals surface area (Å²) >= 11 is 0. The van der Waals surface area contributed by atoms with Gasteiger partial charge in [-0.15, -0.1) is 0 Å². The van der Waals surface area contributed by atoms with E-state index in [1.165, 1.54) is 6.07 Å². The Kier molecular flexibility index (Phi) is 5.34. The van der Waals surface area contributed by atoms with Gasteiger partial charge in [0.25, 0.3) is 0 Å². The Morgan fingerprint density at radius 2 is 2.00 bits per heavy atom. The van der Waals surface area contributed by atoms with Crippen LogP contribution in [0.25, 0.3) is 33.0 Å². The first-order valence-electron chi connectivity index (χ1n) is 12.3. The predicted octanol–water partition coefficient (Wildman–Crippen LogP) is 5.98. The van der Waals surface area contributed by atoms with Crippen LogP contribution in [0.3, 0.4) is 0 Å². The Labute approximate surface area is 214 Å². The largest absolute Gasteiger partial charge is 0.308 e. The van der Waals surface area contributed by atoms with Crippen LogP contribution in [0.1, 0.15) is 31.5 Å². The fourth-order valence-corrected chi connectivity index (χ4v) is 6.09. The number of Topliss-reactive ketones (excluding diaryl/α,β-unsaturated/α-hetero) is 1. The van der Waals surface area contributed by atoms with Crippen LogP contribution >= 0.6 is 0 Å². The number of hydrogen-bond donors (Lipinski definition) is 0. The molecule has 3 aromatic heterocycles. The Hall–Kier alpha value is -4.44. The zero-order valence-electron chi connectivity index (χ0n) is 20.5. The number of allylic oxidation sites excluding steroid dienone is 2. The van der Waals surface area contributed by atoms with E-state index in [9.17, 15) is 4.79 Å². The molecule has 2 aliphatic carbocycles. The van der Waals surface area contributed by atoms with Crippen molar-refractivity contribution in [3.63, 3.8) is 0 Å². The third-order valence-electron chi connectivity index (χ3n) is 7.87. The number of nitrogens with zero attached hydrogens (tertiary/aromatic N) is 5. The van der Waals surface area contributed by atoms with Crippen molar-refractivity contribution < 1.29 is 9.18 Å². The SMILES string of the molecule is [C-]#[N+]C1=C[C@@]2(C)c3c(c(-c4ccccn4)nn3-c3ccc(-c4cccnc4)cc3F)CC[C@@H]2[C@@H](C)C1=O. The van der Waals surface area contributed by atoms with Crippen molar-refractivity contribution in [2.24, 2.45) is 11.8 Å². The minimum absolute atomic E-state index is 0.0252. The molecule has 3 heterocycles. The highest BCUT2D eigenvalue weighted by Crippen LogP contribution is 2.52. The Morgan fingerprint density at radius 3 is 2.70 bits per heavy atom. The smallest absolute Gasteiger partial charge is 0.226 e. The summed E-state index contributed by atoms with van der Waals surface area (Å²) < 4.78 is 17.5. The lowest BCUT2D eigenvalue weighted by Gasteiger charge is -2.45. The number of hydrogen-bond acceptors (Lipinski definition) is 4. The highest BCUT2D eigenvalue weighted by Gasteiger charge is 2.50. The van der Waals surface area contributed by atoms with Crippen LogP contribution in [-0.2, 0) is 16.6 Å². The molecule has 0 bridgehead atoms. The second-order valence-electron chi connectivity index (χ2n) is 9.93. The van der Waals surface area contributed by atoms with E-state index >= 15 is 4.39 Å². The van der Waals surface area contributed by atoms with E-state index in [1.54, 1.807) is 35.4 Å². The summed E-state index contributed by atoms with van der Waals surface area (Å²) in [6.45, 7) is 11.6. The summed E-state index contributed by atoms with van der Waals surface area (Å²) in [6.07, 6.45) is 8.35. The molecule has 0 saturated carbocycles. The molecule has 0 saturated heterocycles. The molecule has 0 radical (unpaired) electrons. The first-order chi connectivity index (χ1) is 17.9. The van der Waals surface area contributed by atoms with Gasteiger partial charge in [-0.2, -0.15) is 5.10 Å². The Bertz CT molecular complexity index is 1600. The lowest BCUT2D eigenvalue weighted by molar-refractivity contribution is -0.121. The maximum Gasteiger partial charge on any atom is 0.226 e. The zero-order chi connectivity index (χ0) is 25.7. The summed E-state index contributed by atoms with van der Waals surface area (Å²) in [6, 6.07) is 14.4. The van der Waals surface area contributed by atoms with Crippen molar-refractivity contribution in [1.82, 2.24) is 19.7 Å². The number of pyridine rings is 2. The molecule has 0 amide bonds. The van der Waals surface area contributed by atoms with E-state index in [0.717, 1.165) is 28.8 Å². The summed E-state index contributed by atoms with van der Waals surface area (Å²) in [5, 5.41) is 4.94. The van der Waals surface area contributed by atoms with E-state index in [-0.39, 0.29) is 23.3 Å². The van der Waals surface area contributed by atoms with E-state index in [1.807, 2.05) is 50.2 Å². The summed E-state index contributed by atoms with van der Waals surface area (Å²) in [5.74, 6) is -0.877. The minimum atomic E-state index is -0.671. The number of benzene rings is 1. The van der Waals surface area contributed by atoms with E-state index in [4.69, 9.17) is 11.7 Å². The van der Waals surface area contributed by atoms with Crippen LogP contribution in [0.5, 0.6) is 0 Å². The van der Waals surface area contributed by atoms with Gasteiger partial charge in [-0.05, 0) is 54.7 Å².